The van der Waals surface area contributed by atoms with E-state index in [1.54, 1.807) is 6.07 Å². The minimum absolute atomic E-state index is 0.0559. The topological polar surface area (TPSA) is 146 Å². The van der Waals surface area contributed by atoms with Gasteiger partial charge in [0.2, 0.25) is 0 Å². The lowest BCUT2D eigenvalue weighted by atomic mass is 9.98. The van der Waals surface area contributed by atoms with E-state index in [0.717, 1.165) is 29.2 Å². The first-order chi connectivity index (χ1) is 15.4. The molecule has 0 fully saturated rings. The fraction of sp³-hybridized carbons (Fsp3) is 0.150. The van der Waals surface area contributed by atoms with E-state index in [4.69, 9.17) is 15.1 Å². The molecule has 2 N–H and O–H groups in total. The molecule has 2 aromatic carbocycles. The molecule has 1 atom stereocenters. The molecule has 1 unspecified atom stereocenters. The number of anilines is 1. The summed E-state index contributed by atoms with van der Waals surface area (Å²) >= 11 is 0. The van der Waals surface area contributed by atoms with Gasteiger partial charge in [-0.2, -0.15) is 18.4 Å². The third-order valence-electron chi connectivity index (χ3n) is 4.72. The Balaban J connectivity index is 2.19. The number of halogens is 3. The summed E-state index contributed by atoms with van der Waals surface area (Å²) in [6.45, 7) is 1.22. The van der Waals surface area contributed by atoms with Gasteiger partial charge in [-0.15, -0.1) is 0 Å². The molecule has 170 valence electrons. The van der Waals surface area contributed by atoms with Gasteiger partial charge in [-0.05, 0) is 37.3 Å². The molecule has 3 rings (SSSR count). The van der Waals surface area contributed by atoms with Gasteiger partial charge in [-0.1, -0.05) is 6.07 Å². The lowest BCUT2D eigenvalue weighted by Crippen LogP contribution is -2.47. The van der Waals surface area contributed by atoms with Gasteiger partial charge >= 0.3 is 18.4 Å². The molecule has 33 heavy (non-hydrogen) atoms. The number of hydrogen-bond acceptors (Lipinski definition) is 6. The molecule has 1 aliphatic heterocycles. The zero-order chi connectivity index (χ0) is 24.5. The maximum Gasteiger partial charge on any atom is 0.511 e. The second-order valence-electron chi connectivity index (χ2n) is 6.73. The van der Waals surface area contributed by atoms with Crippen molar-refractivity contribution in [3.8, 4) is 6.07 Å². The number of carbonyl (C=O) groups is 2. The molecule has 0 radical (unpaired) electrons. The van der Waals surface area contributed by atoms with Crippen molar-refractivity contribution >= 4 is 23.6 Å². The fourth-order valence-electron chi connectivity index (χ4n) is 3.32. The molecule has 2 aromatic rings. The highest BCUT2D eigenvalue weighted by Crippen LogP contribution is 2.39. The number of hydrogen-bond donors (Lipinski definition) is 2. The van der Waals surface area contributed by atoms with Gasteiger partial charge in [-0.25, -0.2) is 9.59 Å². The van der Waals surface area contributed by atoms with Crippen molar-refractivity contribution in [2.45, 2.75) is 19.1 Å². The first-order valence-corrected chi connectivity index (χ1v) is 9.02. The second kappa shape index (κ2) is 8.50. The lowest BCUT2D eigenvalue weighted by molar-refractivity contribution is -0.385. The Hall–Kier alpha value is -4.60. The van der Waals surface area contributed by atoms with Crippen molar-refractivity contribution in [2.75, 3.05) is 4.90 Å². The normalized spacial score (nSPS) is 16.2. The Bertz CT molecular complexity index is 1240. The third kappa shape index (κ3) is 4.54. The van der Waals surface area contributed by atoms with Gasteiger partial charge in [0.15, 0.2) is 5.76 Å². The van der Waals surface area contributed by atoms with Crippen LogP contribution in [0.15, 0.2) is 53.9 Å². The zero-order valence-electron chi connectivity index (χ0n) is 16.6. The minimum Gasteiger partial charge on any atom is -0.449 e. The number of allylic oxidation sites excluding steroid dienone is 1. The Morgan fingerprint density at radius 2 is 2.00 bits per heavy atom. The summed E-state index contributed by atoms with van der Waals surface area (Å²) in [6, 6.07) is 6.34. The molecule has 0 saturated heterocycles. The van der Waals surface area contributed by atoms with Gasteiger partial charge < -0.3 is 15.2 Å². The van der Waals surface area contributed by atoms with Crippen LogP contribution in [0.5, 0.6) is 0 Å². The maximum absolute atomic E-state index is 13.1. The number of ether oxygens (including phenoxy) is 1. The van der Waals surface area contributed by atoms with E-state index in [1.165, 1.54) is 19.1 Å². The second-order valence-corrected chi connectivity index (χ2v) is 6.73. The Morgan fingerprint density at radius 1 is 1.30 bits per heavy atom. The summed E-state index contributed by atoms with van der Waals surface area (Å²) < 4.78 is 44.2. The predicted octanol–water partition coefficient (Wildman–Crippen LogP) is 4.68. The van der Waals surface area contributed by atoms with Crippen LogP contribution < -0.4 is 10.2 Å². The summed E-state index contributed by atoms with van der Waals surface area (Å²) in [7, 11) is 0. The van der Waals surface area contributed by atoms with E-state index in [9.17, 15) is 32.9 Å². The first-order valence-electron chi connectivity index (χ1n) is 9.02. The molecule has 0 saturated carbocycles. The summed E-state index contributed by atoms with van der Waals surface area (Å²) in [5.41, 5.74) is -2.33. The number of nitrogens with one attached hydrogen (secondary N) is 1. The molecular weight excluding hydrogens is 449 g/mol. The highest BCUT2D eigenvalue weighted by Gasteiger charge is 2.39. The van der Waals surface area contributed by atoms with E-state index < -0.39 is 46.3 Å². The average Bonchev–Trinajstić information content (AvgIpc) is 2.74. The van der Waals surface area contributed by atoms with Crippen LogP contribution in [0.3, 0.4) is 0 Å². The van der Waals surface area contributed by atoms with E-state index in [0.29, 0.717) is 6.07 Å². The van der Waals surface area contributed by atoms with E-state index in [1.807, 2.05) is 0 Å². The number of nitrogens with zero attached hydrogens (tertiary/aromatic N) is 3. The van der Waals surface area contributed by atoms with Crippen molar-refractivity contribution in [3.63, 3.8) is 0 Å². The summed E-state index contributed by atoms with van der Waals surface area (Å²) in [5.74, 6) is -0.465. The average molecular weight is 462 g/mol. The van der Waals surface area contributed by atoms with Gasteiger partial charge in [-0.3, -0.25) is 15.0 Å². The molecule has 0 aliphatic carbocycles. The highest BCUT2D eigenvalue weighted by molar-refractivity contribution is 5.97. The molecule has 10 nitrogen and oxygen atoms in total. The Morgan fingerprint density at radius 3 is 2.58 bits per heavy atom. The van der Waals surface area contributed by atoms with Crippen LogP contribution >= 0.6 is 0 Å². The highest BCUT2D eigenvalue weighted by atomic mass is 19.4. The number of carbonyl (C=O) groups excluding carboxylic acids is 1. The molecule has 1 heterocycles. The molecule has 0 spiro atoms. The molecule has 13 heteroatoms. The van der Waals surface area contributed by atoms with E-state index >= 15 is 0 Å². The number of urea groups is 1. The SMILES string of the molecule is CC1=C(OC(=O)O)C(c2ccc(C#N)cc2[N+](=O)[O-])NC(=O)N1c1cccc(C(F)(F)F)c1. The fourth-order valence-corrected chi connectivity index (χ4v) is 3.32. The Kier molecular flexibility index (Phi) is 5.94. The monoisotopic (exact) mass is 462 g/mol. The maximum atomic E-state index is 13.1. The van der Waals surface area contributed by atoms with Crippen molar-refractivity contribution in [1.82, 2.24) is 5.32 Å². The number of nitriles is 1. The third-order valence-corrected chi connectivity index (χ3v) is 4.72. The number of carboxylic acid groups (broad SMARTS) is 1. The quantitative estimate of drug-likeness (QED) is 0.381. The van der Waals surface area contributed by atoms with E-state index in [-0.39, 0.29) is 22.5 Å². The molecule has 2 amide bonds. The van der Waals surface area contributed by atoms with Crippen LogP contribution in [0.1, 0.15) is 29.7 Å². The van der Waals surface area contributed by atoms with Crippen molar-refractivity contribution in [3.05, 3.63) is 80.7 Å². The molecule has 0 bridgehead atoms. The largest absolute Gasteiger partial charge is 0.511 e. The number of rotatable bonds is 4. The predicted molar refractivity (Wildman–Crippen MR) is 105 cm³/mol. The van der Waals surface area contributed by atoms with Gasteiger partial charge in [0.1, 0.15) is 6.04 Å². The number of nitro groups is 1. The van der Waals surface area contributed by atoms with Crippen LogP contribution in [-0.4, -0.2) is 22.2 Å². The number of benzene rings is 2. The molecular formula is C20H13F3N4O6. The Labute approximate surface area is 183 Å². The van der Waals surface area contributed by atoms with Crippen LogP contribution in [-0.2, 0) is 10.9 Å². The van der Waals surface area contributed by atoms with Crippen LogP contribution in [0.4, 0.5) is 34.1 Å². The van der Waals surface area contributed by atoms with Crippen molar-refractivity contribution < 1.29 is 37.5 Å². The number of alkyl halides is 3. The first kappa shape index (κ1) is 23.1. The summed E-state index contributed by atoms with van der Waals surface area (Å²) in [5, 5.41) is 32.0. The number of amides is 2. The molecule has 0 aromatic heterocycles. The lowest BCUT2D eigenvalue weighted by Gasteiger charge is -2.34. The smallest absolute Gasteiger partial charge is 0.449 e. The van der Waals surface area contributed by atoms with Crippen molar-refractivity contribution in [1.29, 1.82) is 5.26 Å². The van der Waals surface area contributed by atoms with Crippen LogP contribution in [0.2, 0.25) is 0 Å². The van der Waals surface area contributed by atoms with E-state index in [2.05, 4.69) is 5.32 Å². The van der Waals surface area contributed by atoms with Gasteiger partial charge in [0, 0.05) is 6.07 Å². The zero-order valence-corrected chi connectivity index (χ0v) is 16.6. The van der Waals surface area contributed by atoms with Crippen molar-refractivity contribution in [2.24, 2.45) is 0 Å². The summed E-state index contributed by atoms with van der Waals surface area (Å²) in [6.07, 6.45) is -6.52. The molecule has 1 aliphatic rings. The van der Waals surface area contributed by atoms with Crippen LogP contribution in [0, 0.1) is 21.4 Å². The number of nitro benzene ring substituents is 1. The van der Waals surface area contributed by atoms with Gasteiger partial charge in [0.05, 0.1) is 39.1 Å². The minimum atomic E-state index is -4.70. The van der Waals surface area contributed by atoms with Gasteiger partial charge in [0.25, 0.3) is 5.69 Å². The standard InChI is InChI=1S/C20H13F3N4O6/c1-10-17(33-19(29)30)16(14-6-5-11(9-24)7-15(14)27(31)32)25-18(28)26(10)13-4-2-3-12(8-13)20(21,22)23/h2-8,16H,1H3,(H,25,28)(H,29,30). The van der Waals surface area contributed by atoms with Crippen LogP contribution in [0.25, 0.3) is 0 Å². The summed E-state index contributed by atoms with van der Waals surface area (Å²) in [4.78, 5) is 35.6.